The van der Waals surface area contributed by atoms with Gasteiger partial charge in [0.2, 0.25) is 0 Å². The third kappa shape index (κ3) is 1.80. The molecule has 3 heteroatoms. The third-order valence-electron chi connectivity index (χ3n) is 1.99. The van der Waals surface area contributed by atoms with Gasteiger partial charge in [-0.1, -0.05) is 26.0 Å². The molecule has 0 heterocycles. The topological polar surface area (TPSA) is 63.3 Å². The molecule has 0 fully saturated rings. The fourth-order valence-electron chi connectivity index (χ4n) is 1.27. The van der Waals surface area contributed by atoms with Gasteiger partial charge in [0.05, 0.1) is 5.56 Å². The number of hydrogen-bond donors (Lipinski definition) is 2. The van der Waals surface area contributed by atoms with E-state index in [0.717, 1.165) is 5.56 Å². The molecule has 0 aromatic heterocycles. The fourth-order valence-corrected chi connectivity index (χ4v) is 1.27. The Bertz CT molecular complexity index is 332. The van der Waals surface area contributed by atoms with Gasteiger partial charge in [-0.2, -0.15) is 0 Å². The van der Waals surface area contributed by atoms with Crippen LogP contribution in [0.2, 0.25) is 0 Å². The van der Waals surface area contributed by atoms with E-state index in [4.69, 9.17) is 10.8 Å². The first-order valence-corrected chi connectivity index (χ1v) is 4.15. The van der Waals surface area contributed by atoms with Crippen molar-refractivity contribution in [2.75, 3.05) is 5.73 Å². The Morgan fingerprint density at radius 3 is 2.54 bits per heavy atom. The number of carboxylic acids is 1. The SMILES string of the molecule is CC(C)c1cccc(C(=O)O)c1N. The van der Waals surface area contributed by atoms with E-state index in [-0.39, 0.29) is 11.5 Å². The summed E-state index contributed by atoms with van der Waals surface area (Å²) in [6.07, 6.45) is 0. The van der Waals surface area contributed by atoms with E-state index in [1.165, 1.54) is 6.07 Å². The van der Waals surface area contributed by atoms with E-state index < -0.39 is 5.97 Å². The first-order valence-electron chi connectivity index (χ1n) is 4.15. The van der Waals surface area contributed by atoms with Crippen molar-refractivity contribution in [3.8, 4) is 0 Å². The predicted octanol–water partition coefficient (Wildman–Crippen LogP) is 2.09. The van der Waals surface area contributed by atoms with Crippen LogP contribution in [0.4, 0.5) is 5.69 Å². The van der Waals surface area contributed by atoms with E-state index >= 15 is 0 Å². The first kappa shape index (κ1) is 9.58. The quantitative estimate of drug-likeness (QED) is 0.683. The number of aromatic carboxylic acids is 1. The van der Waals surface area contributed by atoms with E-state index in [0.29, 0.717) is 5.69 Å². The molecule has 0 bridgehead atoms. The summed E-state index contributed by atoms with van der Waals surface area (Å²) in [7, 11) is 0. The Kier molecular flexibility index (Phi) is 2.56. The summed E-state index contributed by atoms with van der Waals surface area (Å²) < 4.78 is 0. The van der Waals surface area contributed by atoms with Crippen molar-refractivity contribution >= 4 is 11.7 Å². The summed E-state index contributed by atoms with van der Waals surface area (Å²) in [4.78, 5) is 10.7. The Morgan fingerprint density at radius 2 is 2.08 bits per heavy atom. The van der Waals surface area contributed by atoms with Gasteiger partial charge in [-0.3, -0.25) is 0 Å². The molecular weight excluding hydrogens is 166 g/mol. The van der Waals surface area contributed by atoms with Gasteiger partial charge in [0.25, 0.3) is 0 Å². The maximum Gasteiger partial charge on any atom is 0.337 e. The van der Waals surface area contributed by atoms with Gasteiger partial charge in [-0.25, -0.2) is 4.79 Å². The average molecular weight is 179 g/mol. The van der Waals surface area contributed by atoms with Crippen LogP contribution in [0.3, 0.4) is 0 Å². The van der Waals surface area contributed by atoms with Gasteiger partial charge in [-0.05, 0) is 17.5 Å². The minimum Gasteiger partial charge on any atom is -0.478 e. The molecule has 0 radical (unpaired) electrons. The van der Waals surface area contributed by atoms with Crippen molar-refractivity contribution in [2.24, 2.45) is 0 Å². The van der Waals surface area contributed by atoms with Gasteiger partial charge in [-0.15, -0.1) is 0 Å². The number of hydrogen-bond acceptors (Lipinski definition) is 2. The molecule has 0 aliphatic carbocycles. The smallest absolute Gasteiger partial charge is 0.337 e. The molecule has 13 heavy (non-hydrogen) atoms. The van der Waals surface area contributed by atoms with Crippen LogP contribution in [-0.4, -0.2) is 11.1 Å². The van der Waals surface area contributed by atoms with E-state index in [1.807, 2.05) is 19.9 Å². The Balaban J connectivity index is 3.26. The highest BCUT2D eigenvalue weighted by Gasteiger charge is 2.12. The highest BCUT2D eigenvalue weighted by Crippen LogP contribution is 2.24. The lowest BCUT2D eigenvalue weighted by molar-refractivity contribution is 0.0698. The molecule has 0 aliphatic heterocycles. The van der Waals surface area contributed by atoms with Crippen LogP contribution >= 0.6 is 0 Å². The first-order chi connectivity index (χ1) is 6.04. The minimum absolute atomic E-state index is 0.186. The van der Waals surface area contributed by atoms with Crippen LogP contribution in [0.15, 0.2) is 18.2 Å². The van der Waals surface area contributed by atoms with Crippen LogP contribution in [0.1, 0.15) is 35.7 Å². The Morgan fingerprint density at radius 1 is 1.46 bits per heavy atom. The highest BCUT2D eigenvalue weighted by atomic mass is 16.4. The molecule has 0 spiro atoms. The summed E-state index contributed by atoms with van der Waals surface area (Å²) in [6.45, 7) is 3.97. The zero-order valence-electron chi connectivity index (χ0n) is 7.74. The van der Waals surface area contributed by atoms with Crippen LogP contribution in [0, 0.1) is 0 Å². The molecule has 0 saturated heterocycles. The molecule has 0 saturated carbocycles. The Labute approximate surface area is 77.2 Å². The number of nitrogen functional groups attached to an aromatic ring is 1. The molecule has 1 aromatic carbocycles. The number of carboxylic acid groups (broad SMARTS) is 1. The molecule has 1 aromatic rings. The largest absolute Gasteiger partial charge is 0.478 e. The second kappa shape index (κ2) is 3.47. The molecule has 0 atom stereocenters. The van der Waals surface area contributed by atoms with E-state index in [9.17, 15) is 4.79 Å². The number of rotatable bonds is 2. The van der Waals surface area contributed by atoms with E-state index in [2.05, 4.69) is 0 Å². The highest BCUT2D eigenvalue weighted by molar-refractivity contribution is 5.94. The zero-order chi connectivity index (χ0) is 10.0. The molecule has 3 N–H and O–H groups in total. The monoisotopic (exact) mass is 179 g/mol. The standard InChI is InChI=1S/C10H13NO2/c1-6(2)7-4-3-5-8(9(7)11)10(12)13/h3-6H,11H2,1-2H3,(H,12,13). The van der Waals surface area contributed by atoms with Crippen molar-refractivity contribution in [3.05, 3.63) is 29.3 Å². The summed E-state index contributed by atoms with van der Waals surface area (Å²) in [5.74, 6) is -0.723. The van der Waals surface area contributed by atoms with Crippen LogP contribution in [0.25, 0.3) is 0 Å². The summed E-state index contributed by atoms with van der Waals surface area (Å²) >= 11 is 0. The second-order valence-corrected chi connectivity index (χ2v) is 3.27. The lowest BCUT2D eigenvalue weighted by Gasteiger charge is -2.10. The van der Waals surface area contributed by atoms with Crippen molar-refractivity contribution in [1.29, 1.82) is 0 Å². The van der Waals surface area contributed by atoms with Crippen molar-refractivity contribution in [2.45, 2.75) is 19.8 Å². The van der Waals surface area contributed by atoms with E-state index in [1.54, 1.807) is 6.07 Å². The molecule has 70 valence electrons. The van der Waals surface area contributed by atoms with Gasteiger partial charge in [0, 0.05) is 5.69 Å². The normalized spacial score (nSPS) is 10.4. The summed E-state index contributed by atoms with van der Waals surface area (Å²) in [5.41, 5.74) is 7.16. The fraction of sp³-hybridized carbons (Fsp3) is 0.300. The van der Waals surface area contributed by atoms with Crippen molar-refractivity contribution < 1.29 is 9.90 Å². The average Bonchev–Trinajstić information content (AvgIpc) is 2.03. The van der Waals surface area contributed by atoms with Crippen molar-refractivity contribution in [3.63, 3.8) is 0 Å². The number of nitrogens with two attached hydrogens (primary N) is 1. The number of carbonyl (C=O) groups is 1. The minimum atomic E-state index is -0.972. The summed E-state index contributed by atoms with van der Waals surface area (Å²) in [6, 6.07) is 5.09. The van der Waals surface area contributed by atoms with Gasteiger partial charge in [0.1, 0.15) is 0 Å². The molecule has 0 aliphatic rings. The number of benzene rings is 1. The lowest BCUT2D eigenvalue weighted by Crippen LogP contribution is -2.06. The second-order valence-electron chi connectivity index (χ2n) is 3.27. The van der Waals surface area contributed by atoms with Gasteiger partial charge >= 0.3 is 5.97 Å². The molecule has 0 unspecified atom stereocenters. The van der Waals surface area contributed by atoms with Crippen LogP contribution in [-0.2, 0) is 0 Å². The number of para-hydroxylation sites is 1. The number of anilines is 1. The molecule has 1 rings (SSSR count). The third-order valence-corrected chi connectivity index (χ3v) is 1.99. The maximum absolute atomic E-state index is 10.7. The van der Waals surface area contributed by atoms with Crippen LogP contribution in [0.5, 0.6) is 0 Å². The van der Waals surface area contributed by atoms with Crippen molar-refractivity contribution in [1.82, 2.24) is 0 Å². The van der Waals surface area contributed by atoms with Gasteiger partial charge in [0.15, 0.2) is 0 Å². The summed E-state index contributed by atoms with van der Waals surface area (Å²) in [5, 5.41) is 8.79. The molecule has 3 nitrogen and oxygen atoms in total. The molecule has 0 amide bonds. The maximum atomic E-state index is 10.7. The molecular formula is C10H13NO2. The zero-order valence-corrected chi connectivity index (χ0v) is 7.74. The predicted molar refractivity (Wildman–Crippen MR) is 51.9 cm³/mol. The lowest BCUT2D eigenvalue weighted by atomic mass is 9.98. The Hall–Kier alpha value is -1.51. The van der Waals surface area contributed by atoms with Crippen LogP contribution < -0.4 is 5.73 Å². The van der Waals surface area contributed by atoms with Gasteiger partial charge < -0.3 is 10.8 Å².